The number of esters is 1. The van der Waals surface area contributed by atoms with Gasteiger partial charge in [0, 0.05) is 22.3 Å². The number of carbonyl (C=O) groups excluding carboxylic acids is 3. The Balaban J connectivity index is 1.26. The summed E-state index contributed by atoms with van der Waals surface area (Å²) in [6.07, 6.45) is 11.7. The number of rotatable bonds is 9. The number of aliphatic carboxylic acids is 1. The third-order valence-corrected chi connectivity index (χ3v) is 16.1. The zero-order chi connectivity index (χ0) is 39.8. The van der Waals surface area contributed by atoms with Crippen LogP contribution in [0.4, 0.5) is 0 Å². The molecule has 9 atom stereocenters. The predicted molar refractivity (Wildman–Crippen MR) is 212 cm³/mol. The van der Waals surface area contributed by atoms with E-state index in [9.17, 15) is 24.3 Å². The fourth-order valence-electron chi connectivity index (χ4n) is 13.3. The van der Waals surface area contributed by atoms with Crippen LogP contribution in [-0.2, 0) is 23.9 Å². The molecule has 0 radical (unpaired) electrons. The number of amides is 1. The number of hydrogen-bond donors (Lipinski definition) is 2. The molecule has 1 aromatic carbocycles. The van der Waals surface area contributed by atoms with Crippen molar-refractivity contribution in [3.8, 4) is 0 Å². The summed E-state index contributed by atoms with van der Waals surface area (Å²) in [6.45, 7) is 21.5. The lowest BCUT2D eigenvalue weighted by Crippen LogP contribution is -2.64. The Kier molecular flexibility index (Phi) is 10.5. The lowest BCUT2D eigenvalue weighted by Gasteiger charge is -2.70. The Hall–Kier alpha value is -2.93. The maximum absolute atomic E-state index is 14.1. The minimum Gasteiger partial charge on any atom is -0.481 e. The Bertz CT molecular complexity index is 1760. The van der Waals surface area contributed by atoms with E-state index in [0.717, 1.165) is 62.5 Å². The van der Waals surface area contributed by atoms with Gasteiger partial charge in [-0.3, -0.25) is 19.2 Å². The van der Waals surface area contributed by atoms with Gasteiger partial charge < -0.3 is 15.2 Å². The normalized spacial score (nSPS) is 36.6. The van der Waals surface area contributed by atoms with Gasteiger partial charge in [-0.2, -0.15) is 0 Å². The zero-order valence-corrected chi connectivity index (χ0v) is 35.1. The summed E-state index contributed by atoms with van der Waals surface area (Å²) in [7, 11) is 0. The molecule has 0 aromatic heterocycles. The monoisotopic (exact) mass is 761 g/mol. The molecule has 7 nitrogen and oxygen atoms in total. The molecule has 1 amide bonds. The molecule has 4 saturated carbocycles. The van der Waals surface area contributed by atoms with Crippen molar-refractivity contribution < 1.29 is 29.0 Å². The highest BCUT2D eigenvalue weighted by atomic mass is 35.5. The number of allylic oxidation sites excluding steroid dienone is 3. The number of hydrogen-bond acceptors (Lipinski definition) is 5. The van der Waals surface area contributed by atoms with Crippen molar-refractivity contribution in [2.45, 2.75) is 146 Å². The molecule has 0 bridgehead atoms. The van der Waals surface area contributed by atoms with E-state index < -0.39 is 22.8 Å². The Morgan fingerprint density at radius 1 is 0.907 bits per heavy atom. The molecule has 0 aliphatic heterocycles. The minimum atomic E-state index is -1.17. The van der Waals surface area contributed by atoms with Crippen molar-refractivity contribution in [3.05, 3.63) is 58.1 Å². The van der Waals surface area contributed by atoms with Crippen LogP contribution in [0.15, 0.2) is 47.6 Å². The number of carboxylic acid groups (broad SMARTS) is 1. The Morgan fingerprint density at radius 2 is 1.50 bits per heavy atom. The Labute approximate surface area is 328 Å². The summed E-state index contributed by atoms with van der Waals surface area (Å²) in [6, 6.07) is 7.35. The number of Topliss-reactive ketones (excluding diaryl/α,β-unsaturated/α-hetero) is 1. The van der Waals surface area contributed by atoms with Gasteiger partial charge in [0.15, 0.2) is 5.78 Å². The van der Waals surface area contributed by atoms with Gasteiger partial charge in [-0.15, -0.1) is 0 Å². The summed E-state index contributed by atoms with van der Waals surface area (Å²) in [5, 5.41) is 13.4. The first-order valence-electron chi connectivity index (χ1n) is 20.5. The van der Waals surface area contributed by atoms with Crippen molar-refractivity contribution >= 4 is 35.2 Å². The van der Waals surface area contributed by atoms with Crippen LogP contribution in [0.2, 0.25) is 5.02 Å². The fraction of sp³-hybridized carbons (Fsp3) is 0.696. The average molecular weight is 762 g/mol. The van der Waals surface area contributed by atoms with E-state index in [0.29, 0.717) is 29.2 Å². The van der Waals surface area contributed by atoms with E-state index in [2.05, 4.69) is 59.9 Å². The second-order valence-corrected chi connectivity index (χ2v) is 20.7. The molecular formula is C46H64ClNO6. The molecule has 4 fully saturated rings. The number of fused-ring (bicyclic) bond motifs is 7. The highest BCUT2D eigenvalue weighted by Crippen LogP contribution is 2.76. The third-order valence-electron chi connectivity index (χ3n) is 15.8. The molecule has 0 saturated heterocycles. The number of halogens is 1. The molecule has 0 unspecified atom stereocenters. The quantitative estimate of drug-likeness (QED) is 0.192. The SMILES string of the molecule is CC(C)C1=C2[C@@](/C=C/C(=O)N[C@H](C)c3ccc(Cl)cc3)(CC[C@H]3[C@]4(C)CC[C@H]5C(C)(C)[C@@H](OC(=O)CC(C)(C)C(=O)O)CC[C@]5(C)[C@H]4CC[C@]23C)CC1=O. The summed E-state index contributed by atoms with van der Waals surface area (Å²) >= 11 is 6.09. The van der Waals surface area contributed by atoms with Gasteiger partial charge >= 0.3 is 11.9 Å². The largest absolute Gasteiger partial charge is 0.481 e. The summed E-state index contributed by atoms with van der Waals surface area (Å²) in [5.74, 6) is 0.0452. The van der Waals surface area contributed by atoms with E-state index in [-0.39, 0.29) is 57.8 Å². The number of benzene rings is 1. The Morgan fingerprint density at radius 3 is 2.13 bits per heavy atom. The summed E-state index contributed by atoms with van der Waals surface area (Å²) < 4.78 is 6.16. The van der Waals surface area contributed by atoms with Crippen LogP contribution in [0.5, 0.6) is 0 Å². The van der Waals surface area contributed by atoms with Gasteiger partial charge in [0.1, 0.15) is 6.10 Å². The molecule has 2 N–H and O–H groups in total. The molecule has 5 aliphatic carbocycles. The molecule has 6 rings (SSSR count). The highest BCUT2D eigenvalue weighted by molar-refractivity contribution is 6.30. The van der Waals surface area contributed by atoms with Gasteiger partial charge in [-0.05, 0) is 147 Å². The second kappa shape index (κ2) is 13.9. The molecule has 0 spiro atoms. The number of carboxylic acids is 1. The van der Waals surface area contributed by atoms with Crippen LogP contribution in [0, 0.1) is 56.2 Å². The molecular weight excluding hydrogens is 698 g/mol. The summed E-state index contributed by atoms with van der Waals surface area (Å²) in [4.78, 5) is 52.3. The molecule has 5 aliphatic rings. The number of carbonyl (C=O) groups is 4. The standard InChI is InChI=1S/C46H64ClNO6/c1-27(2)38-31(49)25-46(24-19-36(50)48-28(3)29-11-13-30(47)14-12-29)23-17-34-44(9)20-15-32-42(6,7)35(54-37(51)26-41(4,5)40(52)53)18-22-43(32,8)33(44)16-21-45(34,10)39(38)46/h11-14,19,24,27-28,32-35H,15-18,20-23,25-26H2,1-10H3,(H,48,50)(H,52,53)/b24-19+/t28-,32+,33-,34+,35+,43+,44-,45+,46-/m1/s1. The second-order valence-electron chi connectivity index (χ2n) is 20.2. The zero-order valence-electron chi connectivity index (χ0n) is 34.4. The molecule has 0 heterocycles. The van der Waals surface area contributed by atoms with E-state index in [4.69, 9.17) is 16.3 Å². The topological polar surface area (TPSA) is 110 Å². The number of ketones is 1. The first kappa shape index (κ1) is 40.7. The van der Waals surface area contributed by atoms with Gasteiger partial charge in [0.25, 0.3) is 0 Å². The minimum absolute atomic E-state index is 0.0646. The van der Waals surface area contributed by atoms with Crippen molar-refractivity contribution in [2.24, 2.45) is 56.2 Å². The van der Waals surface area contributed by atoms with Gasteiger partial charge in [-0.1, -0.05) is 78.3 Å². The van der Waals surface area contributed by atoms with Crippen LogP contribution in [0.1, 0.15) is 145 Å². The van der Waals surface area contributed by atoms with Crippen molar-refractivity contribution in [1.82, 2.24) is 5.32 Å². The maximum Gasteiger partial charge on any atom is 0.309 e. The number of ether oxygens (including phenoxy) is 1. The lowest BCUT2D eigenvalue weighted by molar-refractivity contribution is -0.221. The van der Waals surface area contributed by atoms with Crippen LogP contribution >= 0.6 is 11.6 Å². The average Bonchev–Trinajstić information content (AvgIpc) is 3.38. The van der Waals surface area contributed by atoms with Crippen LogP contribution < -0.4 is 5.32 Å². The fourth-order valence-corrected chi connectivity index (χ4v) is 13.4. The number of nitrogens with one attached hydrogen (secondary N) is 1. The first-order valence-corrected chi connectivity index (χ1v) is 20.9. The van der Waals surface area contributed by atoms with Gasteiger partial charge in [0.05, 0.1) is 17.9 Å². The summed E-state index contributed by atoms with van der Waals surface area (Å²) in [5.41, 5.74) is 1.41. The lowest BCUT2D eigenvalue weighted by atomic mass is 9.34. The predicted octanol–water partition coefficient (Wildman–Crippen LogP) is 10.5. The smallest absolute Gasteiger partial charge is 0.309 e. The van der Waals surface area contributed by atoms with E-state index >= 15 is 0 Å². The first-order chi connectivity index (χ1) is 25.0. The van der Waals surface area contributed by atoms with Crippen LogP contribution in [-0.4, -0.2) is 34.8 Å². The van der Waals surface area contributed by atoms with E-state index in [1.165, 1.54) is 5.57 Å². The van der Waals surface area contributed by atoms with Crippen LogP contribution in [0.25, 0.3) is 0 Å². The molecule has 296 valence electrons. The van der Waals surface area contributed by atoms with Crippen molar-refractivity contribution in [3.63, 3.8) is 0 Å². The molecule has 8 heteroatoms. The van der Waals surface area contributed by atoms with E-state index in [1.54, 1.807) is 19.9 Å². The van der Waals surface area contributed by atoms with Gasteiger partial charge in [-0.25, -0.2) is 0 Å². The maximum atomic E-state index is 14.1. The highest BCUT2D eigenvalue weighted by Gasteiger charge is 2.69. The van der Waals surface area contributed by atoms with Crippen molar-refractivity contribution in [1.29, 1.82) is 0 Å². The van der Waals surface area contributed by atoms with Crippen molar-refractivity contribution in [2.75, 3.05) is 0 Å². The third kappa shape index (κ3) is 6.60. The van der Waals surface area contributed by atoms with E-state index in [1.807, 2.05) is 31.2 Å². The van der Waals surface area contributed by atoms with Gasteiger partial charge in [0.2, 0.25) is 5.91 Å². The van der Waals surface area contributed by atoms with Crippen LogP contribution in [0.3, 0.4) is 0 Å². The molecule has 54 heavy (non-hydrogen) atoms. The molecule has 1 aromatic rings.